The van der Waals surface area contributed by atoms with Crippen LogP contribution in [0.25, 0.3) is 22.1 Å². The molecule has 4 nitrogen and oxygen atoms in total. The second-order valence-corrected chi connectivity index (χ2v) is 8.32. The average molecular weight is 492 g/mol. The van der Waals surface area contributed by atoms with Gasteiger partial charge in [-0.15, -0.1) is 0 Å². The predicted molar refractivity (Wildman–Crippen MR) is 113 cm³/mol. The average Bonchev–Trinajstić information content (AvgIpc) is 3.11. The Morgan fingerprint density at radius 2 is 2.08 bits per heavy atom. The van der Waals surface area contributed by atoms with Crippen molar-refractivity contribution in [1.29, 1.82) is 0 Å². The Morgan fingerprint density at radius 1 is 1.27 bits per heavy atom. The molecule has 0 aliphatic heterocycles. The van der Waals surface area contributed by atoms with Gasteiger partial charge in [-0.05, 0) is 46.3 Å². The summed E-state index contributed by atoms with van der Waals surface area (Å²) in [6.45, 7) is 4.06. The van der Waals surface area contributed by atoms with E-state index in [0.717, 1.165) is 25.5 Å². The topological polar surface area (TPSA) is 43.6 Å². The number of aromatic nitrogens is 2. The fraction of sp³-hybridized carbons (Fsp3) is 0.0526. The third-order valence-corrected chi connectivity index (χ3v) is 5.83. The second kappa shape index (κ2) is 6.98. The number of rotatable bonds is 4. The lowest BCUT2D eigenvalue weighted by Crippen LogP contribution is -2.22. The number of para-hydroxylation sites is 2. The van der Waals surface area contributed by atoms with Gasteiger partial charge in [-0.25, -0.2) is 9.38 Å². The molecule has 0 fully saturated rings. The molecule has 26 heavy (non-hydrogen) atoms. The second-order valence-electron chi connectivity index (χ2n) is 5.54. The van der Waals surface area contributed by atoms with Crippen LogP contribution in [0.5, 0.6) is 5.75 Å². The Kier molecular flexibility index (Phi) is 4.69. The van der Waals surface area contributed by atoms with Crippen LogP contribution in [-0.2, 0) is 0 Å². The number of nitrogens with zero attached hydrogens (tertiary/aromatic N) is 2. The van der Waals surface area contributed by atoms with Crippen molar-refractivity contribution >= 4 is 65.3 Å². The van der Waals surface area contributed by atoms with Crippen molar-refractivity contribution in [3.8, 4) is 5.75 Å². The highest BCUT2D eigenvalue weighted by Gasteiger charge is 2.13. The minimum Gasteiger partial charge on any atom is -0.488 e. The number of thiazole rings is 1. The van der Waals surface area contributed by atoms with Crippen LogP contribution in [0.2, 0.25) is 0 Å². The van der Waals surface area contributed by atoms with Gasteiger partial charge in [0.05, 0.1) is 20.0 Å². The van der Waals surface area contributed by atoms with Gasteiger partial charge >= 0.3 is 0 Å². The maximum atomic E-state index is 12.9. The van der Waals surface area contributed by atoms with Gasteiger partial charge in [0.15, 0.2) is 4.96 Å². The molecule has 0 spiro atoms. The minimum absolute atomic E-state index is 0.0792. The van der Waals surface area contributed by atoms with Crippen molar-refractivity contribution in [3.63, 3.8) is 0 Å². The van der Waals surface area contributed by atoms with Crippen LogP contribution in [0.3, 0.4) is 0 Å². The highest BCUT2D eigenvalue weighted by molar-refractivity contribution is 9.11. The molecule has 4 rings (SSSR count). The SMILES string of the molecule is C=CCOc1c(Br)cc(Br)cc1/C=c1\sc2nc3ccccc3n2c1=O. The molecule has 0 unspecified atom stereocenters. The van der Waals surface area contributed by atoms with Crippen LogP contribution in [0.1, 0.15) is 5.56 Å². The van der Waals surface area contributed by atoms with Gasteiger partial charge < -0.3 is 4.74 Å². The van der Waals surface area contributed by atoms with Crippen molar-refractivity contribution in [2.24, 2.45) is 0 Å². The van der Waals surface area contributed by atoms with Gasteiger partial charge in [0, 0.05) is 10.0 Å². The zero-order valence-corrected chi connectivity index (χ0v) is 17.4. The quantitative estimate of drug-likeness (QED) is 0.393. The molecular weight excluding hydrogens is 480 g/mol. The van der Waals surface area contributed by atoms with Gasteiger partial charge in [0.1, 0.15) is 12.4 Å². The monoisotopic (exact) mass is 490 g/mol. The molecule has 0 bridgehead atoms. The lowest BCUT2D eigenvalue weighted by Gasteiger charge is -2.10. The maximum Gasteiger partial charge on any atom is 0.274 e. The molecule has 4 aromatic rings. The smallest absolute Gasteiger partial charge is 0.274 e. The molecular formula is C19H12Br2N2O2S. The van der Waals surface area contributed by atoms with Gasteiger partial charge in [-0.2, -0.15) is 0 Å². The molecule has 0 saturated carbocycles. The van der Waals surface area contributed by atoms with Crippen molar-refractivity contribution in [2.75, 3.05) is 6.61 Å². The van der Waals surface area contributed by atoms with Gasteiger partial charge in [0.25, 0.3) is 5.56 Å². The van der Waals surface area contributed by atoms with E-state index in [1.54, 1.807) is 10.5 Å². The molecule has 0 N–H and O–H groups in total. The molecule has 0 saturated heterocycles. The molecule has 2 heterocycles. The Bertz CT molecular complexity index is 1260. The molecule has 0 amide bonds. The Hall–Kier alpha value is -1.96. The highest BCUT2D eigenvalue weighted by Crippen LogP contribution is 2.33. The summed E-state index contributed by atoms with van der Waals surface area (Å²) >= 11 is 8.37. The predicted octanol–water partition coefficient (Wildman–Crippen LogP) is 4.55. The molecule has 0 aliphatic rings. The maximum absolute atomic E-state index is 12.9. The number of hydrogen-bond donors (Lipinski definition) is 0. The van der Waals surface area contributed by atoms with E-state index in [1.165, 1.54) is 11.3 Å². The van der Waals surface area contributed by atoms with Crippen molar-refractivity contribution in [2.45, 2.75) is 0 Å². The van der Waals surface area contributed by atoms with E-state index in [2.05, 4.69) is 43.4 Å². The molecule has 130 valence electrons. The summed E-state index contributed by atoms with van der Waals surface area (Å²) < 4.78 is 9.73. The van der Waals surface area contributed by atoms with Gasteiger partial charge in [-0.1, -0.05) is 52.1 Å². The largest absolute Gasteiger partial charge is 0.488 e. The number of imidazole rings is 1. The van der Waals surface area contributed by atoms with Crippen molar-refractivity contribution in [3.05, 3.63) is 78.4 Å². The van der Waals surface area contributed by atoms with Crippen LogP contribution in [0, 0.1) is 0 Å². The van der Waals surface area contributed by atoms with E-state index in [1.807, 2.05) is 42.5 Å². The Balaban J connectivity index is 1.96. The van der Waals surface area contributed by atoms with E-state index >= 15 is 0 Å². The van der Waals surface area contributed by atoms with Crippen LogP contribution < -0.4 is 14.8 Å². The fourth-order valence-electron chi connectivity index (χ4n) is 2.74. The number of halogens is 2. The van der Waals surface area contributed by atoms with Crippen molar-refractivity contribution < 1.29 is 4.74 Å². The number of ether oxygens (including phenoxy) is 1. The summed E-state index contributed by atoms with van der Waals surface area (Å²) in [5, 5.41) is 0. The van der Waals surface area contributed by atoms with E-state index in [0.29, 0.717) is 21.8 Å². The van der Waals surface area contributed by atoms with E-state index < -0.39 is 0 Å². The van der Waals surface area contributed by atoms with E-state index in [9.17, 15) is 4.79 Å². The van der Waals surface area contributed by atoms with Crippen LogP contribution in [0.4, 0.5) is 0 Å². The zero-order chi connectivity index (χ0) is 18.3. The van der Waals surface area contributed by atoms with E-state index in [4.69, 9.17) is 4.74 Å². The van der Waals surface area contributed by atoms with Gasteiger partial charge in [0.2, 0.25) is 0 Å². The standard InChI is InChI=1S/C19H12Br2N2O2S/c1-2-7-25-17-11(8-12(20)10-13(17)21)9-16-18(24)23-15-6-4-3-5-14(15)22-19(23)26-16/h2-6,8-10H,1,7H2/b16-9-. The first kappa shape index (κ1) is 17.5. The summed E-state index contributed by atoms with van der Waals surface area (Å²) in [6, 6.07) is 11.5. The fourth-order valence-corrected chi connectivity index (χ4v) is 5.09. The molecule has 0 aliphatic carbocycles. The molecule has 7 heteroatoms. The first-order chi connectivity index (χ1) is 12.6. The Labute approximate surface area is 169 Å². The molecule has 0 radical (unpaired) electrons. The normalized spacial score (nSPS) is 12.2. The van der Waals surface area contributed by atoms with Crippen molar-refractivity contribution in [1.82, 2.24) is 9.38 Å². The third-order valence-electron chi connectivity index (χ3n) is 3.81. The number of benzene rings is 2. The molecule has 2 aromatic carbocycles. The molecule has 2 aromatic heterocycles. The summed E-state index contributed by atoms with van der Waals surface area (Å²) in [5.41, 5.74) is 2.37. The van der Waals surface area contributed by atoms with Crippen LogP contribution >= 0.6 is 43.2 Å². The number of fused-ring (bicyclic) bond motifs is 3. The summed E-state index contributed by atoms with van der Waals surface area (Å²) in [6.07, 6.45) is 3.52. The summed E-state index contributed by atoms with van der Waals surface area (Å²) in [4.78, 5) is 18.2. The van der Waals surface area contributed by atoms with Crippen LogP contribution in [0.15, 0.2) is 62.8 Å². The first-order valence-electron chi connectivity index (χ1n) is 7.73. The molecule has 0 atom stereocenters. The minimum atomic E-state index is -0.0792. The first-order valence-corrected chi connectivity index (χ1v) is 10.1. The van der Waals surface area contributed by atoms with Crippen LogP contribution in [-0.4, -0.2) is 16.0 Å². The zero-order valence-electron chi connectivity index (χ0n) is 13.4. The number of hydrogen-bond acceptors (Lipinski definition) is 4. The highest BCUT2D eigenvalue weighted by atomic mass is 79.9. The summed E-state index contributed by atoms with van der Waals surface area (Å²) in [7, 11) is 0. The third kappa shape index (κ3) is 3.00. The Morgan fingerprint density at radius 3 is 2.88 bits per heavy atom. The van der Waals surface area contributed by atoms with Gasteiger partial charge in [-0.3, -0.25) is 4.79 Å². The summed E-state index contributed by atoms with van der Waals surface area (Å²) in [5.74, 6) is 0.670. The lowest BCUT2D eigenvalue weighted by atomic mass is 10.2. The van der Waals surface area contributed by atoms with E-state index in [-0.39, 0.29) is 5.56 Å². The lowest BCUT2D eigenvalue weighted by molar-refractivity contribution is 0.360.